The van der Waals surface area contributed by atoms with Crippen LogP contribution in [-0.4, -0.2) is 23.7 Å². The molecule has 0 saturated carbocycles. The molecule has 1 atom stereocenters. The van der Waals surface area contributed by atoms with Crippen molar-refractivity contribution in [2.45, 2.75) is 38.7 Å². The molecule has 4 heteroatoms. The molecule has 1 rings (SSSR count). The Kier molecular flexibility index (Phi) is 6.36. The Morgan fingerprint density at radius 1 is 1.50 bits per heavy atom. The smallest absolute Gasteiger partial charge is 0.220 e. The number of benzene rings is 1. The van der Waals surface area contributed by atoms with Gasteiger partial charge in [0.15, 0.2) is 0 Å². The first kappa shape index (κ1) is 14.6. The number of nitrogens with one attached hydrogen (secondary N) is 1. The van der Waals surface area contributed by atoms with Gasteiger partial charge in [0.25, 0.3) is 0 Å². The van der Waals surface area contributed by atoms with Gasteiger partial charge >= 0.3 is 0 Å². The third kappa shape index (κ3) is 5.77. The Labute approximate surface area is 107 Å². The van der Waals surface area contributed by atoms with Crippen LogP contribution in [0.4, 0.5) is 4.39 Å². The molecule has 0 heterocycles. The Hall–Kier alpha value is -1.42. The van der Waals surface area contributed by atoms with E-state index < -0.39 is 6.10 Å². The van der Waals surface area contributed by atoms with Crippen molar-refractivity contribution in [2.75, 3.05) is 6.54 Å². The molecular weight excluding hydrogens is 233 g/mol. The van der Waals surface area contributed by atoms with Crippen LogP contribution in [0.5, 0.6) is 0 Å². The summed E-state index contributed by atoms with van der Waals surface area (Å²) in [5, 5.41) is 12.1. The predicted molar refractivity (Wildman–Crippen MR) is 68.6 cm³/mol. The molecule has 0 aliphatic carbocycles. The lowest BCUT2D eigenvalue weighted by Gasteiger charge is -2.10. The van der Waals surface area contributed by atoms with Gasteiger partial charge in [-0.25, -0.2) is 4.39 Å². The van der Waals surface area contributed by atoms with Crippen molar-refractivity contribution in [3.63, 3.8) is 0 Å². The maximum Gasteiger partial charge on any atom is 0.220 e. The second kappa shape index (κ2) is 7.82. The summed E-state index contributed by atoms with van der Waals surface area (Å²) in [7, 11) is 0. The van der Waals surface area contributed by atoms with Crippen molar-refractivity contribution in [3.8, 4) is 0 Å². The Morgan fingerprint density at radius 2 is 2.28 bits per heavy atom. The summed E-state index contributed by atoms with van der Waals surface area (Å²) in [5.74, 6) is -0.402. The third-order valence-electron chi connectivity index (χ3n) is 2.69. The fourth-order valence-corrected chi connectivity index (χ4v) is 1.71. The van der Waals surface area contributed by atoms with Crippen LogP contribution >= 0.6 is 0 Å². The third-order valence-corrected chi connectivity index (χ3v) is 2.69. The first-order valence-corrected chi connectivity index (χ1v) is 6.31. The summed E-state index contributed by atoms with van der Waals surface area (Å²) >= 11 is 0. The van der Waals surface area contributed by atoms with Crippen LogP contribution in [0.1, 0.15) is 31.7 Å². The molecule has 0 aliphatic heterocycles. The van der Waals surface area contributed by atoms with E-state index in [9.17, 15) is 14.3 Å². The van der Waals surface area contributed by atoms with Crippen LogP contribution < -0.4 is 5.32 Å². The molecule has 18 heavy (non-hydrogen) atoms. The normalized spacial score (nSPS) is 12.2. The van der Waals surface area contributed by atoms with Crippen LogP contribution in [-0.2, 0) is 11.2 Å². The lowest BCUT2D eigenvalue weighted by Crippen LogP contribution is -2.32. The van der Waals surface area contributed by atoms with Crippen molar-refractivity contribution in [1.29, 1.82) is 0 Å². The molecule has 0 radical (unpaired) electrons. The summed E-state index contributed by atoms with van der Waals surface area (Å²) < 4.78 is 12.9. The van der Waals surface area contributed by atoms with E-state index in [1.807, 2.05) is 6.92 Å². The number of aliphatic hydroxyl groups is 1. The average molecular weight is 253 g/mol. The maximum atomic E-state index is 12.9. The van der Waals surface area contributed by atoms with Gasteiger partial charge in [0.1, 0.15) is 5.82 Å². The molecule has 3 nitrogen and oxygen atoms in total. The largest absolute Gasteiger partial charge is 0.391 e. The Bertz CT molecular complexity index is 382. The van der Waals surface area contributed by atoms with Crippen LogP contribution in [0.2, 0.25) is 0 Å². The minimum Gasteiger partial charge on any atom is -0.391 e. The van der Waals surface area contributed by atoms with Crippen LogP contribution in [0.3, 0.4) is 0 Å². The molecule has 0 fully saturated rings. The molecule has 0 bridgehead atoms. The fraction of sp³-hybridized carbons (Fsp3) is 0.500. The molecule has 1 unspecified atom stereocenters. The second-order valence-corrected chi connectivity index (χ2v) is 4.38. The van der Waals surface area contributed by atoms with E-state index in [1.165, 1.54) is 12.1 Å². The highest BCUT2D eigenvalue weighted by Gasteiger charge is 2.06. The standard InChI is InChI=1S/C14H20FNO2/c1-2-4-13(17)10-16-14(18)8-7-11-5-3-6-12(15)9-11/h3,5-6,9,13,17H,2,4,7-8,10H2,1H3,(H,16,18). The first-order chi connectivity index (χ1) is 8.61. The van der Waals surface area contributed by atoms with Crippen molar-refractivity contribution in [2.24, 2.45) is 0 Å². The van der Waals surface area contributed by atoms with Crippen molar-refractivity contribution in [3.05, 3.63) is 35.6 Å². The second-order valence-electron chi connectivity index (χ2n) is 4.38. The van der Waals surface area contributed by atoms with Gasteiger partial charge in [0.05, 0.1) is 6.10 Å². The number of carbonyl (C=O) groups is 1. The molecular formula is C14H20FNO2. The quantitative estimate of drug-likeness (QED) is 0.781. The molecule has 100 valence electrons. The zero-order valence-corrected chi connectivity index (χ0v) is 10.7. The predicted octanol–water partition coefficient (Wildman–Crippen LogP) is 2.04. The number of halogens is 1. The molecule has 1 amide bonds. The summed E-state index contributed by atoms with van der Waals surface area (Å²) in [5.41, 5.74) is 0.805. The zero-order valence-electron chi connectivity index (χ0n) is 10.7. The fourth-order valence-electron chi connectivity index (χ4n) is 1.71. The highest BCUT2D eigenvalue weighted by atomic mass is 19.1. The number of aliphatic hydroxyl groups excluding tert-OH is 1. The van der Waals surface area contributed by atoms with E-state index in [4.69, 9.17) is 0 Å². The van der Waals surface area contributed by atoms with Gasteiger partial charge in [-0.05, 0) is 30.5 Å². The number of carbonyl (C=O) groups excluding carboxylic acids is 1. The number of hydrogen-bond acceptors (Lipinski definition) is 2. The van der Waals surface area contributed by atoms with Crippen molar-refractivity contribution < 1.29 is 14.3 Å². The van der Waals surface area contributed by atoms with Crippen molar-refractivity contribution >= 4 is 5.91 Å². The average Bonchev–Trinajstić information content (AvgIpc) is 2.34. The van der Waals surface area contributed by atoms with Crippen LogP contribution in [0, 0.1) is 5.82 Å². The molecule has 0 aromatic heterocycles. The summed E-state index contributed by atoms with van der Waals surface area (Å²) in [6.45, 7) is 2.27. The molecule has 0 aliphatic rings. The van der Waals surface area contributed by atoms with Crippen molar-refractivity contribution in [1.82, 2.24) is 5.32 Å². The first-order valence-electron chi connectivity index (χ1n) is 6.31. The molecule has 0 saturated heterocycles. The minimum absolute atomic E-state index is 0.116. The van der Waals surface area contributed by atoms with E-state index in [1.54, 1.807) is 12.1 Å². The summed E-state index contributed by atoms with van der Waals surface area (Å²) in [4.78, 5) is 11.5. The summed E-state index contributed by atoms with van der Waals surface area (Å²) in [6.07, 6.45) is 1.91. The lowest BCUT2D eigenvalue weighted by molar-refractivity contribution is -0.121. The Morgan fingerprint density at radius 3 is 2.94 bits per heavy atom. The van der Waals surface area contributed by atoms with Gasteiger partial charge < -0.3 is 10.4 Å². The zero-order chi connectivity index (χ0) is 13.4. The highest BCUT2D eigenvalue weighted by molar-refractivity contribution is 5.76. The van der Waals surface area contributed by atoms with Gasteiger partial charge in [-0.1, -0.05) is 25.5 Å². The van der Waals surface area contributed by atoms with E-state index in [0.717, 1.165) is 12.0 Å². The van der Waals surface area contributed by atoms with E-state index in [0.29, 0.717) is 19.3 Å². The van der Waals surface area contributed by atoms with Crippen LogP contribution in [0.25, 0.3) is 0 Å². The van der Waals surface area contributed by atoms with E-state index in [2.05, 4.69) is 5.32 Å². The molecule has 1 aromatic rings. The van der Waals surface area contributed by atoms with Gasteiger partial charge in [-0.2, -0.15) is 0 Å². The van der Waals surface area contributed by atoms with Gasteiger partial charge in [0.2, 0.25) is 5.91 Å². The molecule has 1 aromatic carbocycles. The topological polar surface area (TPSA) is 49.3 Å². The SMILES string of the molecule is CCCC(O)CNC(=O)CCc1cccc(F)c1. The lowest BCUT2D eigenvalue weighted by atomic mass is 10.1. The minimum atomic E-state index is -0.479. The number of rotatable bonds is 7. The monoisotopic (exact) mass is 253 g/mol. The van der Waals surface area contributed by atoms with Gasteiger partial charge in [-0.3, -0.25) is 4.79 Å². The molecule has 0 spiro atoms. The van der Waals surface area contributed by atoms with Crippen LogP contribution in [0.15, 0.2) is 24.3 Å². The van der Waals surface area contributed by atoms with E-state index in [-0.39, 0.29) is 18.3 Å². The van der Waals surface area contributed by atoms with E-state index >= 15 is 0 Å². The number of hydrogen-bond donors (Lipinski definition) is 2. The maximum absolute atomic E-state index is 12.9. The van der Waals surface area contributed by atoms with Gasteiger partial charge in [0, 0.05) is 13.0 Å². The Balaban J connectivity index is 2.25. The molecule has 2 N–H and O–H groups in total. The number of aryl methyl sites for hydroxylation is 1. The van der Waals surface area contributed by atoms with Gasteiger partial charge in [-0.15, -0.1) is 0 Å². The summed E-state index contributed by atoms with van der Waals surface area (Å²) in [6, 6.07) is 6.24. The highest BCUT2D eigenvalue weighted by Crippen LogP contribution is 2.06. The number of amides is 1.